The minimum absolute atomic E-state index is 0.147. The summed E-state index contributed by atoms with van der Waals surface area (Å²) in [6, 6.07) is 14.0. The lowest BCUT2D eigenvalue weighted by Gasteiger charge is -2.19. The number of carbonyl (C=O) groups is 1. The van der Waals surface area contributed by atoms with Crippen LogP contribution >= 0.6 is 11.3 Å². The first kappa shape index (κ1) is 21.7. The highest BCUT2D eigenvalue weighted by molar-refractivity contribution is 7.89. The van der Waals surface area contributed by atoms with Gasteiger partial charge in [-0.3, -0.25) is 14.2 Å². The van der Waals surface area contributed by atoms with E-state index in [2.05, 4.69) is 5.32 Å². The molecule has 1 aromatic heterocycles. The average molecular weight is 460 g/mol. The topological polar surface area (TPSA) is 88.5 Å². The number of anilines is 1. The molecule has 1 saturated heterocycles. The van der Waals surface area contributed by atoms with Crippen molar-refractivity contribution in [2.75, 3.05) is 18.4 Å². The maximum Gasteiger partial charge on any atom is 0.308 e. The van der Waals surface area contributed by atoms with Gasteiger partial charge in [-0.25, -0.2) is 8.42 Å². The molecule has 1 amide bonds. The van der Waals surface area contributed by atoms with Crippen molar-refractivity contribution in [1.29, 1.82) is 0 Å². The fourth-order valence-corrected chi connectivity index (χ4v) is 6.38. The molecule has 1 aliphatic rings. The molecule has 1 aliphatic heterocycles. The van der Waals surface area contributed by atoms with E-state index in [-0.39, 0.29) is 28.6 Å². The summed E-state index contributed by atoms with van der Waals surface area (Å²) in [7, 11) is -3.58. The standard InChI is InChI=1S/C22H25N3O4S2/c26-21(23-17-8-4-3-5-9-17)12-15-25-19-11-10-18(16-20(19)30-22(25)27)31(28,29)24-13-6-1-2-7-14-24/h3-5,8-11,16H,1-2,6-7,12-15H2,(H,23,26). The van der Waals surface area contributed by atoms with Gasteiger partial charge in [0, 0.05) is 31.7 Å². The van der Waals surface area contributed by atoms with Crippen LogP contribution in [-0.4, -0.2) is 36.3 Å². The van der Waals surface area contributed by atoms with Crippen molar-refractivity contribution >= 4 is 43.2 Å². The number of sulfonamides is 1. The molecule has 1 N–H and O–H groups in total. The van der Waals surface area contributed by atoms with Crippen LogP contribution in [0.1, 0.15) is 32.1 Å². The molecule has 2 aromatic carbocycles. The van der Waals surface area contributed by atoms with Gasteiger partial charge in [-0.2, -0.15) is 4.31 Å². The van der Waals surface area contributed by atoms with E-state index in [4.69, 9.17) is 0 Å². The Morgan fingerprint density at radius 1 is 1.00 bits per heavy atom. The number of aromatic nitrogens is 1. The van der Waals surface area contributed by atoms with Gasteiger partial charge in [0.15, 0.2) is 0 Å². The third-order valence-electron chi connectivity index (χ3n) is 5.46. The fourth-order valence-electron chi connectivity index (χ4n) is 3.81. The van der Waals surface area contributed by atoms with Crippen LogP contribution in [0.5, 0.6) is 0 Å². The number of hydrogen-bond donors (Lipinski definition) is 1. The van der Waals surface area contributed by atoms with Crippen molar-refractivity contribution in [2.45, 2.75) is 43.5 Å². The van der Waals surface area contributed by atoms with E-state index in [1.807, 2.05) is 18.2 Å². The number of nitrogens with one attached hydrogen (secondary N) is 1. The van der Waals surface area contributed by atoms with E-state index in [1.165, 1.54) is 4.57 Å². The van der Waals surface area contributed by atoms with Crippen molar-refractivity contribution in [1.82, 2.24) is 8.87 Å². The largest absolute Gasteiger partial charge is 0.326 e. The highest BCUT2D eigenvalue weighted by Gasteiger charge is 2.26. The molecule has 0 radical (unpaired) electrons. The lowest BCUT2D eigenvalue weighted by molar-refractivity contribution is -0.116. The number of aryl methyl sites for hydroxylation is 1. The summed E-state index contributed by atoms with van der Waals surface area (Å²) in [4.78, 5) is 24.8. The predicted octanol–water partition coefficient (Wildman–Crippen LogP) is 3.66. The monoisotopic (exact) mass is 459 g/mol. The van der Waals surface area contributed by atoms with E-state index in [0.29, 0.717) is 29.0 Å². The molecule has 0 aliphatic carbocycles. The minimum atomic E-state index is -3.58. The Labute approximate surface area is 185 Å². The van der Waals surface area contributed by atoms with Crippen molar-refractivity contribution in [3.63, 3.8) is 0 Å². The van der Waals surface area contributed by atoms with Crippen molar-refractivity contribution in [2.24, 2.45) is 0 Å². The number of hydrogen-bond acceptors (Lipinski definition) is 5. The van der Waals surface area contributed by atoms with Gasteiger partial charge in [0.25, 0.3) is 0 Å². The molecule has 1 fully saturated rings. The summed E-state index contributed by atoms with van der Waals surface area (Å²) < 4.78 is 29.8. The number of fused-ring (bicyclic) bond motifs is 1. The maximum atomic E-state index is 13.1. The molecule has 0 spiro atoms. The smallest absolute Gasteiger partial charge is 0.308 e. The Morgan fingerprint density at radius 3 is 2.42 bits per heavy atom. The number of carbonyl (C=O) groups excluding carboxylic acids is 1. The van der Waals surface area contributed by atoms with Crippen LogP contribution in [0.25, 0.3) is 10.2 Å². The van der Waals surface area contributed by atoms with Gasteiger partial charge in [0.05, 0.1) is 15.1 Å². The van der Waals surface area contributed by atoms with E-state index in [9.17, 15) is 18.0 Å². The van der Waals surface area contributed by atoms with Crippen LogP contribution in [-0.2, 0) is 21.4 Å². The summed E-state index contributed by atoms with van der Waals surface area (Å²) in [5, 5.41) is 2.81. The summed E-state index contributed by atoms with van der Waals surface area (Å²) in [6.07, 6.45) is 3.99. The molecule has 7 nitrogen and oxygen atoms in total. The van der Waals surface area contributed by atoms with E-state index in [1.54, 1.807) is 34.6 Å². The van der Waals surface area contributed by atoms with Crippen LogP contribution in [0, 0.1) is 0 Å². The van der Waals surface area contributed by atoms with E-state index in [0.717, 1.165) is 37.0 Å². The Hall–Kier alpha value is -2.49. The lowest BCUT2D eigenvalue weighted by atomic mass is 10.2. The summed E-state index contributed by atoms with van der Waals surface area (Å²) in [5.74, 6) is -0.183. The molecule has 0 bridgehead atoms. The normalized spacial score (nSPS) is 15.6. The van der Waals surface area contributed by atoms with E-state index < -0.39 is 10.0 Å². The first-order valence-electron chi connectivity index (χ1n) is 10.4. The van der Waals surface area contributed by atoms with Gasteiger partial charge in [0.2, 0.25) is 15.9 Å². The van der Waals surface area contributed by atoms with Gasteiger partial charge in [-0.15, -0.1) is 0 Å². The molecule has 31 heavy (non-hydrogen) atoms. The van der Waals surface area contributed by atoms with Crippen LogP contribution in [0.3, 0.4) is 0 Å². The van der Waals surface area contributed by atoms with Gasteiger partial charge in [0.1, 0.15) is 0 Å². The zero-order chi connectivity index (χ0) is 21.8. The third kappa shape index (κ3) is 4.89. The highest BCUT2D eigenvalue weighted by Crippen LogP contribution is 2.26. The SMILES string of the molecule is O=C(CCn1c(=O)sc2cc(S(=O)(=O)N3CCCCCC3)ccc21)Nc1ccccc1. The molecule has 0 saturated carbocycles. The Kier molecular flexibility index (Phi) is 6.54. The second kappa shape index (κ2) is 9.33. The maximum absolute atomic E-state index is 13.1. The van der Waals surface area contributed by atoms with Crippen molar-refractivity contribution < 1.29 is 13.2 Å². The van der Waals surface area contributed by atoms with Gasteiger partial charge >= 0.3 is 4.87 Å². The zero-order valence-electron chi connectivity index (χ0n) is 17.1. The Bertz CT molecular complexity index is 1220. The van der Waals surface area contributed by atoms with Crippen molar-refractivity contribution in [3.8, 4) is 0 Å². The molecule has 3 aromatic rings. The summed E-state index contributed by atoms with van der Waals surface area (Å²) in [6.45, 7) is 1.30. The molecule has 2 heterocycles. The molecule has 164 valence electrons. The Balaban J connectivity index is 1.52. The molecular formula is C22H25N3O4S2. The predicted molar refractivity (Wildman–Crippen MR) is 123 cm³/mol. The lowest BCUT2D eigenvalue weighted by Crippen LogP contribution is -2.31. The zero-order valence-corrected chi connectivity index (χ0v) is 18.8. The van der Waals surface area contributed by atoms with Crippen LogP contribution in [0.15, 0.2) is 58.2 Å². The van der Waals surface area contributed by atoms with Crippen LogP contribution in [0.2, 0.25) is 0 Å². The number of nitrogens with zero attached hydrogens (tertiary/aromatic N) is 2. The second-order valence-corrected chi connectivity index (χ2v) is 10.6. The van der Waals surface area contributed by atoms with Gasteiger partial charge in [-0.05, 0) is 43.2 Å². The first-order valence-corrected chi connectivity index (χ1v) is 12.7. The average Bonchev–Trinajstić information content (AvgIpc) is 2.92. The van der Waals surface area contributed by atoms with Crippen LogP contribution < -0.4 is 10.2 Å². The molecule has 0 atom stereocenters. The summed E-state index contributed by atoms with van der Waals surface area (Å²) in [5.41, 5.74) is 1.36. The quantitative estimate of drug-likeness (QED) is 0.609. The van der Waals surface area contributed by atoms with Gasteiger partial charge < -0.3 is 5.32 Å². The fraction of sp³-hybridized carbons (Fsp3) is 0.364. The molecular weight excluding hydrogens is 434 g/mol. The number of thiazole rings is 1. The molecule has 0 unspecified atom stereocenters. The van der Waals surface area contributed by atoms with E-state index >= 15 is 0 Å². The number of rotatable bonds is 6. The number of para-hydroxylation sites is 1. The second-order valence-electron chi connectivity index (χ2n) is 7.63. The minimum Gasteiger partial charge on any atom is -0.326 e. The third-order valence-corrected chi connectivity index (χ3v) is 8.30. The Morgan fingerprint density at radius 2 is 1.71 bits per heavy atom. The molecule has 9 heteroatoms. The summed E-state index contributed by atoms with van der Waals surface area (Å²) >= 11 is 1.01. The first-order chi connectivity index (χ1) is 14.9. The number of amides is 1. The number of benzene rings is 2. The van der Waals surface area contributed by atoms with Gasteiger partial charge in [-0.1, -0.05) is 42.4 Å². The van der Waals surface area contributed by atoms with Crippen LogP contribution in [0.4, 0.5) is 5.69 Å². The highest BCUT2D eigenvalue weighted by atomic mass is 32.2. The van der Waals surface area contributed by atoms with Crippen molar-refractivity contribution in [3.05, 3.63) is 58.2 Å². The molecule has 4 rings (SSSR count).